The van der Waals surface area contributed by atoms with Crippen molar-refractivity contribution in [3.63, 3.8) is 0 Å². The Hall–Kier alpha value is -2.36. The summed E-state index contributed by atoms with van der Waals surface area (Å²) in [6, 6.07) is 9.11. The van der Waals surface area contributed by atoms with E-state index in [9.17, 15) is 5.11 Å². The van der Waals surface area contributed by atoms with Crippen molar-refractivity contribution >= 4 is 0 Å². The summed E-state index contributed by atoms with van der Waals surface area (Å²) in [5, 5.41) is 10.3. The SMILES string of the molecule is COc1ccc(OC)c(-c2cc(C)cc(OC)c2O)c1. The fraction of sp³-hybridized carbons (Fsp3) is 0.250. The van der Waals surface area contributed by atoms with Gasteiger partial charge in [0.1, 0.15) is 11.5 Å². The van der Waals surface area contributed by atoms with Crippen LogP contribution in [0.2, 0.25) is 0 Å². The van der Waals surface area contributed by atoms with Crippen LogP contribution in [0.3, 0.4) is 0 Å². The van der Waals surface area contributed by atoms with Crippen LogP contribution in [0.15, 0.2) is 30.3 Å². The Labute approximate surface area is 118 Å². The molecule has 0 saturated heterocycles. The second-order valence-corrected chi connectivity index (χ2v) is 4.43. The van der Waals surface area contributed by atoms with Crippen molar-refractivity contribution in [3.05, 3.63) is 35.9 Å². The zero-order valence-corrected chi connectivity index (χ0v) is 12.1. The van der Waals surface area contributed by atoms with Gasteiger partial charge in [0, 0.05) is 11.1 Å². The molecule has 0 aromatic heterocycles. The molecule has 0 bridgehead atoms. The molecule has 106 valence electrons. The first-order valence-electron chi connectivity index (χ1n) is 6.20. The number of rotatable bonds is 4. The normalized spacial score (nSPS) is 10.2. The van der Waals surface area contributed by atoms with E-state index >= 15 is 0 Å². The minimum Gasteiger partial charge on any atom is -0.504 e. The number of aromatic hydroxyl groups is 1. The average Bonchev–Trinajstić information content (AvgIpc) is 2.48. The van der Waals surface area contributed by atoms with E-state index in [1.807, 2.05) is 31.2 Å². The number of hydrogen-bond donors (Lipinski definition) is 1. The third kappa shape index (κ3) is 2.50. The Bertz CT molecular complexity index is 620. The Morgan fingerprint density at radius 1 is 0.800 bits per heavy atom. The summed E-state index contributed by atoms with van der Waals surface area (Å²) in [5.74, 6) is 1.88. The summed E-state index contributed by atoms with van der Waals surface area (Å²) in [4.78, 5) is 0. The van der Waals surface area contributed by atoms with Crippen LogP contribution in [0.5, 0.6) is 23.0 Å². The van der Waals surface area contributed by atoms with Gasteiger partial charge in [0.2, 0.25) is 0 Å². The van der Waals surface area contributed by atoms with Crippen molar-refractivity contribution < 1.29 is 19.3 Å². The van der Waals surface area contributed by atoms with Gasteiger partial charge in [-0.25, -0.2) is 0 Å². The fourth-order valence-corrected chi connectivity index (χ4v) is 2.13. The number of hydrogen-bond acceptors (Lipinski definition) is 4. The Balaban J connectivity index is 2.69. The molecule has 0 amide bonds. The first-order chi connectivity index (χ1) is 9.60. The lowest BCUT2D eigenvalue weighted by Gasteiger charge is -2.14. The molecule has 4 nitrogen and oxygen atoms in total. The van der Waals surface area contributed by atoms with E-state index in [4.69, 9.17) is 14.2 Å². The average molecular weight is 274 g/mol. The first kappa shape index (κ1) is 14.1. The smallest absolute Gasteiger partial charge is 0.165 e. The van der Waals surface area contributed by atoms with E-state index in [1.165, 1.54) is 7.11 Å². The van der Waals surface area contributed by atoms with Gasteiger partial charge in [0.05, 0.1) is 21.3 Å². The molecule has 0 aliphatic carbocycles. The molecule has 20 heavy (non-hydrogen) atoms. The minimum atomic E-state index is 0.0876. The van der Waals surface area contributed by atoms with Crippen LogP contribution in [0, 0.1) is 6.92 Å². The molecule has 0 unspecified atom stereocenters. The Morgan fingerprint density at radius 2 is 1.50 bits per heavy atom. The van der Waals surface area contributed by atoms with Gasteiger partial charge in [0.25, 0.3) is 0 Å². The van der Waals surface area contributed by atoms with Crippen molar-refractivity contribution in [1.29, 1.82) is 0 Å². The van der Waals surface area contributed by atoms with Crippen LogP contribution in [0.4, 0.5) is 0 Å². The highest BCUT2D eigenvalue weighted by atomic mass is 16.5. The monoisotopic (exact) mass is 274 g/mol. The van der Waals surface area contributed by atoms with Gasteiger partial charge in [-0.3, -0.25) is 0 Å². The molecule has 2 aromatic carbocycles. The van der Waals surface area contributed by atoms with Crippen LogP contribution in [-0.4, -0.2) is 26.4 Å². The summed E-state index contributed by atoms with van der Waals surface area (Å²) >= 11 is 0. The molecule has 2 aromatic rings. The summed E-state index contributed by atoms with van der Waals surface area (Å²) in [7, 11) is 4.72. The van der Waals surface area contributed by atoms with Gasteiger partial charge in [-0.1, -0.05) is 0 Å². The number of phenols is 1. The predicted molar refractivity (Wildman–Crippen MR) is 77.9 cm³/mol. The molecule has 1 N–H and O–H groups in total. The molecular formula is C16H18O4. The quantitative estimate of drug-likeness (QED) is 0.928. The van der Waals surface area contributed by atoms with E-state index in [0.29, 0.717) is 22.8 Å². The standard InChI is InChI=1S/C16H18O4/c1-10-7-13(16(17)15(8-10)20-4)12-9-11(18-2)5-6-14(12)19-3/h5-9,17H,1-4H3. The van der Waals surface area contributed by atoms with Crippen LogP contribution in [0.1, 0.15) is 5.56 Å². The third-order valence-electron chi connectivity index (χ3n) is 3.14. The Morgan fingerprint density at radius 3 is 2.10 bits per heavy atom. The van der Waals surface area contributed by atoms with Crippen molar-refractivity contribution in [1.82, 2.24) is 0 Å². The van der Waals surface area contributed by atoms with E-state index in [0.717, 1.165) is 11.1 Å². The molecule has 0 atom stereocenters. The number of methoxy groups -OCH3 is 3. The highest BCUT2D eigenvalue weighted by Gasteiger charge is 2.15. The second kappa shape index (κ2) is 5.74. The van der Waals surface area contributed by atoms with E-state index < -0.39 is 0 Å². The Kier molecular flexibility index (Phi) is 4.03. The molecule has 0 aliphatic rings. The highest BCUT2D eigenvalue weighted by molar-refractivity contribution is 5.79. The number of ether oxygens (including phenoxy) is 3. The van der Waals surface area contributed by atoms with Crippen LogP contribution in [0.25, 0.3) is 11.1 Å². The minimum absolute atomic E-state index is 0.0876. The number of aryl methyl sites for hydroxylation is 1. The van der Waals surface area contributed by atoms with E-state index in [1.54, 1.807) is 20.3 Å². The maximum absolute atomic E-state index is 10.3. The largest absolute Gasteiger partial charge is 0.504 e. The maximum Gasteiger partial charge on any atom is 0.165 e. The maximum atomic E-state index is 10.3. The molecule has 0 spiro atoms. The lowest BCUT2D eigenvalue weighted by molar-refractivity contribution is 0.373. The lowest BCUT2D eigenvalue weighted by atomic mass is 10.0. The molecule has 2 rings (SSSR count). The van der Waals surface area contributed by atoms with Gasteiger partial charge in [-0.2, -0.15) is 0 Å². The molecule has 0 aliphatic heterocycles. The van der Waals surface area contributed by atoms with Crippen LogP contribution in [-0.2, 0) is 0 Å². The third-order valence-corrected chi connectivity index (χ3v) is 3.14. The van der Waals surface area contributed by atoms with Crippen molar-refractivity contribution in [2.75, 3.05) is 21.3 Å². The summed E-state index contributed by atoms with van der Waals surface area (Å²) in [6.07, 6.45) is 0. The molecule has 4 heteroatoms. The topological polar surface area (TPSA) is 47.9 Å². The number of phenolic OH excluding ortho intramolecular Hbond substituents is 1. The van der Waals surface area contributed by atoms with Gasteiger partial charge >= 0.3 is 0 Å². The van der Waals surface area contributed by atoms with E-state index in [-0.39, 0.29) is 5.75 Å². The molecule has 0 radical (unpaired) electrons. The zero-order valence-electron chi connectivity index (χ0n) is 12.1. The van der Waals surface area contributed by atoms with Crippen molar-refractivity contribution in [2.45, 2.75) is 6.92 Å². The van der Waals surface area contributed by atoms with Gasteiger partial charge in [-0.15, -0.1) is 0 Å². The molecule has 0 saturated carbocycles. The zero-order chi connectivity index (χ0) is 14.7. The highest BCUT2D eigenvalue weighted by Crippen LogP contribution is 2.43. The fourth-order valence-electron chi connectivity index (χ4n) is 2.13. The summed E-state index contributed by atoms with van der Waals surface area (Å²) in [6.45, 7) is 1.94. The van der Waals surface area contributed by atoms with Gasteiger partial charge in [-0.05, 0) is 42.8 Å². The summed E-state index contributed by atoms with van der Waals surface area (Å²) < 4.78 is 15.8. The molecule has 0 fully saturated rings. The van der Waals surface area contributed by atoms with Crippen molar-refractivity contribution in [2.24, 2.45) is 0 Å². The van der Waals surface area contributed by atoms with Gasteiger partial charge in [0.15, 0.2) is 11.5 Å². The predicted octanol–water partition coefficient (Wildman–Crippen LogP) is 3.39. The molecular weight excluding hydrogens is 256 g/mol. The summed E-state index contributed by atoms with van der Waals surface area (Å²) in [5.41, 5.74) is 2.39. The van der Waals surface area contributed by atoms with Crippen LogP contribution < -0.4 is 14.2 Å². The van der Waals surface area contributed by atoms with E-state index in [2.05, 4.69) is 0 Å². The number of benzene rings is 2. The molecule has 0 heterocycles. The lowest BCUT2D eigenvalue weighted by Crippen LogP contribution is -1.93. The second-order valence-electron chi connectivity index (χ2n) is 4.43. The van der Waals surface area contributed by atoms with Crippen LogP contribution >= 0.6 is 0 Å². The van der Waals surface area contributed by atoms with Crippen molar-refractivity contribution in [3.8, 4) is 34.1 Å². The van der Waals surface area contributed by atoms with Gasteiger partial charge < -0.3 is 19.3 Å². The first-order valence-corrected chi connectivity index (χ1v) is 6.20.